The monoisotopic (exact) mass is 358 g/mol. The molecule has 4 rings (SSSR count). The Bertz CT molecular complexity index is 664. The molecule has 4 aliphatic carbocycles. The van der Waals surface area contributed by atoms with Gasteiger partial charge in [0.15, 0.2) is 11.9 Å². The summed E-state index contributed by atoms with van der Waals surface area (Å²) in [6.07, 6.45) is 8.66. The van der Waals surface area contributed by atoms with Crippen LogP contribution in [0.25, 0.3) is 0 Å². The number of carbonyl (C=O) groups is 2. The zero-order valence-corrected chi connectivity index (χ0v) is 17.0. The maximum atomic E-state index is 13.1. The van der Waals surface area contributed by atoms with Crippen molar-refractivity contribution in [3.63, 3.8) is 0 Å². The number of carbonyl (C=O) groups excluding carboxylic acids is 2. The minimum absolute atomic E-state index is 0.181. The van der Waals surface area contributed by atoms with Crippen molar-refractivity contribution in [3.05, 3.63) is 11.6 Å². The lowest BCUT2D eigenvalue weighted by Gasteiger charge is -2.59. The molecule has 144 valence electrons. The summed E-state index contributed by atoms with van der Waals surface area (Å²) in [5, 5.41) is 0. The lowest BCUT2D eigenvalue weighted by atomic mass is 9.45. The van der Waals surface area contributed by atoms with Gasteiger partial charge in [0.05, 0.1) is 0 Å². The van der Waals surface area contributed by atoms with Gasteiger partial charge in [-0.15, -0.1) is 0 Å². The predicted molar refractivity (Wildman–Crippen MR) is 101 cm³/mol. The van der Waals surface area contributed by atoms with E-state index in [9.17, 15) is 9.59 Å². The first-order valence-electron chi connectivity index (χ1n) is 10.6. The van der Waals surface area contributed by atoms with Crippen molar-refractivity contribution in [3.8, 4) is 0 Å². The van der Waals surface area contributed by atoms with Crippen LogP contribution in [0.3, 0.4) is 0 Å². The van der Waals surface area contributed by atoms with E-state index in [1.807, 2.05) is 0 Å². The summed E-state index contributed by atoms with van der Waals surface area (Å²) in [4.78, 5) is 24.6. The summed E-state index contributed by atoms with van der Waals surface area (Å²) in [7, 11) is 0. The lowest BCUT2D eigenvalue weighted by molar-refractivity contribution is -0.154. The van der Waals surface area contributed by atoms with E-state index in [1.54, 1.807) is 5.57 Å². The Labute approximate surface area is 157 Å². The molecule has 3 saturated carbocycles. The van der Waals surface area contributed by atoms with Gasteiger partial charge in [0, 0.05) is 12.3 Å². The normalized spacial score (nSPS) is 50.3. The number of hydrogen-bond donors (Lipinski definition) is 0. The quantitative estimate of drug-likeness (QED) is 0.492. The first-order valence-corrected chi connectivity index (χ1v) is 10.6. The number of hydrogen-bond acceptors (Lipinski definition) is 3. The van der Waals surface area contributed by atoms with Crippen molar-refractivity contribution in [1.82, 2.24) is 0 Å². The van der Waals surface area contributed by atoms with Crippen LogP contribution in [0.4, 0.5) is 0 Å². The average Bonchev–Trinajstić information content (AvgIpc) is 2.79. The molecule has 0 radical (unpaired) electrons. The molecule has 4 unspecified atom stereocenters. The molecule has 0 bridgehead atoms. The van der Waals surface area contributed by atoms with Gasteiger partial charge in [-0.2, -0.15) is 0 Å². The highest BCUT2D eigenvalue weighted by Gasteiger charge is 2.63. The number of Topliss-reactive ketones (excluding diaryl/α,β-unsaturated/α-hetero) is 1. The zero-order chi connectivity index (χ0) is 18.9. The van der Waals surface area contributed by atoms with Crippen LogP contribution >= 0.6 is 0 Å². The topological polar surface area (TPSA) is 43.4 Å². The lowest BCUT2D eigenvalue weighted by Crippen LogP contribution is -2.53. The molecule has 0 N–H and O–H groups in total. The van der Waals surface area contributed by atoms with Crippen molar-refractivity contribution in [2.24, 2.45) is 40.4 Å². The first kappa shape index (κ1) is 18.3. The van der Waals surface area contributed by atoms with Crippen molar-refractivity contribution in [1.29, 1.82) is 0 Å². The van der Waals surface area contributed by atoms with Gasteiger partial charge in [-0.1, -0.05) is 39.3 Å². The van der Waals surface area contributed by atoms with Crippen molar-refractivity contribution < 1.29 is 14.3 Å². The van der Waals surface area contributed by atoms with Crippen LogP contribution in [0.1, 0.15) is 73.1 Å². The molecule has 0 spiro atoms. The van der Waals surface area contributed by atoms with Crippen molar-refractivity contribution >= 4 is 11.8 Å². The van der Waals surface area contributed by atoms with Crippen LogP contribution in [-0.4, -0.2) is 17.9 Å². The Morgan fingerprint density at radius 3 is 2.65 bits per heavy atom. The molecule has 0 aliphatic heterocycles. The highest BCUT2D eigenvalue weighted by molar-refractivity contribution is 5.92. The Morgan fingerprint density at radius 1 is 1.23 bits per heavy atom. The average molecular weight is 359 g/mol. The summed E-state index contributed by atoms with van der Waals surface area (Å²) >= 11 is 0. The van der Waals surface area contributed by atoms with Crippen LogP contribution in [-0.2, 0) is 14.3 Å². The molecule has 0 saturated heterocycles. The molecule has 8 atom stereocenters. The largest absolute Gasteiger partial charge is 0.455 e. The molecule has 0 aromatic rings. The third-order valence-electron chi connectivity index (χ3n) is 8.62. The van der Waals surface area contributed by atoms with E-state index in [4.69, 9.17) is 4.74 Å². The molecule has 3 fully saturated rings. The zero-order valence-electron chi connectivity index (χ0n) is 17.0. The molecular weight excluding hydrogens is 324 g/mol. The molecule has 0 heterocycles. The highest BCUT2D eigenvalue weighted by atomic mass is 16.5. The minimum Gasteiger partial charge on any atom is -0.455 e. The minimum atomic E-state index is -0.516. The van der Waals surface area contributed by atoms with E-state index in [0.29, 0.717) is 29.1 Å². The van der Waals surface area contributed by atoms with E-state index < -0.39 is 6.10 Å². The third-order valence-corrected chi connectivity index (χ3v) is 8.62. The number of ether oxygens (including phenoxy) is 1. The van der Waals surface area contributed by atoms with Crippen LogP contribution < -0.4 is 0 Å². The number of rotatable bonds is 1. The van der Waals surface area contributed by atoms with Gasteiger partial charge < -0.3 is 4.74 Å². The molecule has 3 heteroatoms. The van der Waals surface area contributed by atoms with Crippen LogP contribution in [0.5, 0.6) is 0 Å². The first-order chi connectivity index (χ1) is 12.2. The van der Waals surface area contributed by atoms with Gasteiger partial charge in [-0.25, -0.2) is 0 Å². The van der Waals surface area contributed by atoms with Gasteiger partial charge in [-0.05, 0) is 73.5 Å². The second kappa shape index (κ2) is 5.94. The van der Waals surface area contributed by atoms with Gasteiger partial charge in [0.25, 0.3) is 0 Å². The standard InChI is InChI=1S/C23H34O3/c1-13-8-9-22(4)16(10-13)6-7-17-18-11-19(26-15(3)24)21(25)23(18,5)12-14(2)20(17)22/h6,13-14,17-20H,7-12H2,1-5H3/t13-,14?,17?,18?,19+,20?,22-,23-/m0/s1. The van der Waals surface area contributed by atoms with E-state index in [0.717, 1.165) is 25.2 Å². The maximum absolute atomic E-state index is 13.1. The van der Waals surface area contributed by atoms with Gasteiger partial charge in [-0.3, -0.25) is 9.59 Å². The summed E-state index contributed by atoms with van der Waals surface area (Å²) in [5.74, 6) is 2.77. The fourth-order valence-electron chi connectivity index (χ4n) is 7.62. The Morgan fingerprint density at radius 2 is 1.96 bits per heavy atom. The summed E-state index contributed by atoms with van der Waals surface area (Å²) < 4.78 is 5.44. The maximum Gasteiger partial charge on any atom is 0.303 e. The molecule has 0 amide bonds. The van der Waals surface area contributed by atoms with Crippen molar-refractivity contribution in [2.75, 3.05) is 0 Å². The number of esters is 1. The van der Waals surface area contributed by atoms with Crippen LogP contribution in [0, 0.1) is 40.4 Å². The van der Waals surface area contributed by atoms with Gasteiger partial charge >= 0.3 is 5.97 Å². The van der Waals surface area contributed by atoms with Crippen LogP contribution in [0.15, 0.2) is 11.6 Å². The summed E-state index contributed by atoms with van der Waals surface area (Å²) in [6, 6.07) is 0. The molecule has 26 heavy (non-hydrogen) atoms. The third kappa shape index (κ3) is 2.45. The molecule has 4 aliphatic rings. The SMILES string of the molecule is CC(=O)O[C@@H]1CC2C3CC=C4C[C@@H](C)CC[C@]4(C)C3C(C)C[C@]2(C)C1=O. The molecule has 0 aromatic carbocycles. The fourth-order valence-corrected chi connectivity index (χ4v) is 7.62. The Kier molecular flexibility index (Phi) is 4.17. The highest BCUT2D eigenvalue weighted by Crippen LogP contribution is 2.66. The van der Waals surface area contributed by atoms with E-state index in [-0.39, 0.29) is 17.2 Å². The second-order valence-corrected chi connectivity index (χ2v) is 10.3. The smallest absolute Gasteiger partial charge is 0.303 e. The number of allylic oxidation sites excluding steroid dienone is 2. The number of fused-ring (bicyclic) bond motifs is 5. The van der Waals surface area contributed by atoms with Gasteiger partial charge in [0.1, 0.15) is 0 Å². The molecular formula is C23H34O3. The molecule has 3 nitrogen and oxygen atoms in total. The van der Waals surface area contributed by atoms with Crippen LogP contribution in [0.2, 0.25) is 0 Å². The predicted octanol–water partition coefficient (Wildman–Crippen LogP) is 4.94. The summed E-state index contributed by atoms with van der Waals surface area (Å²) in [6.45, 7) is 10.8. The Hall–Kier alpha value is -1.12. The summed E-state index contributed by atoms with van der Waals surface area (Å²) in [5.41, 5.74) is 1.68. The van der Waals surface area contributed by atoms with Gasteiger partial charge in [0.2, 0.25) is 0 Å². The van der Waals surface area contributed by atoms with E-state index in [2.05, 4.69) is 33.8 Å². The van der Waals surface area contributed by atoms with Crippen molar-refractivity contribution in [2.45, 2.75) is 79.2 Å². The number of ketones is 1. The fraction of sp³-hybridized carbons (Fsp3) is 0.826. The molecule has 0 aromatic heterocycles. The van der Waals surface area contributed by atoms with E-state index >= 15 is 0 Å². The van der Waals surface area contributed by atoms with E-state index in [1.165, 1.54) is 26.2 Å². The second-order valence-electron chi connectivity index (χ2n) is 10.3. The Balaban J connectivity index is 1.69.